The fraction of sp³-hybridized carbons (Fsp3) is 0.333. The molecule has 0 bridgehead atoms. The number of nitrogens with one attached hydrogen (secondary N) is 1. The van der Waals surface area contributed by atoms with Gasteiger partial charge in [-0.2, -0.15) is 0 Å². The lowest BCUT2D eigenvalue weighted by molar-refractivity contribution is 0.320. The SMILES string of the molecule is CNCCOc1ccnc2ccc(=O)n(C)c12. The van der Waals surface area contributed by atoms with E-state index in [4.69, 9.17) is 4.74 Å². The van der Waals surface area contributed by atoms with Gasteiger partial charge in [0, 0.05) is 31.9 Å². The van der Waals surface area contributed by atoms with Crippen LogP contribution in [0.2, 0.25) is 0 Å². The first-order chi connectivity index (χ1) is 8.24. The summed E-state index contributed by atoms with van der Waals surface area (Å²) >= 11 is 0. The van der Waals surface area contributed by atoms with Crippen LogP contribution in [0.15, 0.2) is 29.2 Å². The number of hydrogen-bond donors (Lipinski definition) is 1. The molecule has 0 atom stereocenters. The summed E-state index contributed by atoms with van der Waals surface area (Å²) in [6.45, 7) is 1.31. The van der Waals surface area contributed by atoms with Gasteiger partial charge < -0.3 is 14.6 Å². The Hall–Kier alpha value is -1.88. The molecule has 0 aliphatic carbocycles. The van der Waals surface area contributed by atoms with Crippen molar-refractivity contribution in [2.45, 2.75) is 0 Å². The first-order valence-corrected chi connectivity index (χ1v) is 5.46. The molecule has 90 valence electrons. The normalized spacial score (nSPS) is 10.7. The maximum Gasteiger partial charge on any atom is 0.250 e. The first-order valence-electron chi connectivity index (χ1n) is 5.46. The molecule has 2 aromatic rings. The molecular formula is C12H15N3O2. The summed E-state index contributed by atoms with van der Waals surface area (Å²) < 4.78 is 7.19. The van der Waals surface area contributed by atoms with Gasteiger partial charge in [-0.05, 0) is 13.1 Å². The lowest BCUT2D eigenvalue weighted by Crippen LogP contribution is -2.19. The molecule has 17 heavy (non-hydrogen) atoms. The van der Waals surface area contributed by atoms with Crippen LogP contribution in [-0.4, -0.2) is 29.8 Å². The first kappa shape index (κ1) is 11.6. The topological polar surface area (TPSA) is 56.1 Å². The van der Waals surface area contributed by atoms with Gasteiger partial charge in [0.1, 0.15) is 17.9 Å². The number of hydrogen-bond acceptors (Lipinski definition) is 4. The Bertz CT molecular complexity index is 577. The minimum absolute atomic E-state index is 0.0658. The summed E-state index contributed by atoms with van der Waals surface area (Å²) in [4.78, 5) is 15.8. The van der Waals surface area contributed by atoms with Crippen molar-refractivity contribution in [2.75, 3.05) is 20.2 Å². The molecule has 0 fully saturated rings. The molecule has 5 nitrogen and oxygen atoms in total. The highest BCUT2D eigenvalue weighted by molar-refractivity contribution is 5.80. The Balaban J connectivity index is 2.48. The molecule has 0 aromatic carbocycles. The third-order valence-electron chi connectivity index (χ3n) is 2.57. The van der Waals surface area contributed by atoms with Crippen molar-refractivity contribution in [1.82, 2.24) is 14.9 Å². The van der Waals surface area contributed by atoms with Gasteiger partial charge in [-0.1, -0.05) is 0 Å². The molecule has 2 rings (SSSR count). The Kier molecular flexibility index (Phi) is 3.39. The van der Waals surface area contributed by atoms with E-state index in [0.29, 0.717) is 12.4 Å². The van der Waals surface area contributed by atoms with Gasteiger partial charge in [-0.15, -0.1) is 0 Å². The number of pyridine rings is 2. The van der Waals surface area contributed by atoms with Crippen LogP contribution in [0.5, 0.6) is 5.75 Å². The Morgan fingerprint density at radius 1 is 1.41 bits per heavy atom. The highest BCUT2D eigenvalue weighted by Crippen LogP contribution is 2.21. The number of aromatic nitrogens is 2. The molecular weight excluding hydrogens is 218 g/mol. The number of nitrogens with zero attached hydrogens (tertiary/aromatic N) is 2. The number of fused-ring (bicyclic) bond motifs is 1. The molecule has 0 saturated carbocycles. The van der Waals surface area contributed by atoms with Crippen molar-refractivity contribution < 1.29 is 4.74 Å². The van der Waals surface area contributed by atoms with E-state index in [0.717, 1.165) is 17.6 Å². The Morgan fingerprint density at radius 2 is 2.24 bits per heavy atom. The van der Waals surface area contributed by atoms with Gasteiger partial charge in [0.05, 0.1) is 5.52 Å². The summed E-state index contributed by atoms with van der Waals surface area (Å²) in [5, 5.41) is 3.00. The second-order valence-corrected chi connectivity index (χ2v) is 3.73. The number of ether oxygens (including phenoxy) is 1. The summed E-state index contributed by atoms with van der Waals surface area (Å²) in [7, 11) is 3.58. The van der Waals surface area contributed by atoms with E-state index in [9.17, 15) is 4.79 Å². The molecule has 0 saturated heterocycles. The lowest BCUT2D eigenvalue weighted by Gasteiger charge is -2.11. The molecule has 2 aromatic heterocycles. The van der Waals surface area contributed by atoms with E-state index < -0.39 is 0 Å². The zero-order valence-corrected chi connectivity index (χ0v) is 9.93. The quantitative estimate of drug-likeness (QED) is 0.783. The van der Waals surface area contributed by atoms with Crippen LogP contribution < -0.4 is 15.6 Å². The number of likely N-dealkylation sites (N-methyl/N-ethyl adjacent to an activating group) is 1. The van der Waals surface area contributed by atoms with Crippen LogP contribution in [0.1, 0.15) is 0 Å². The van der Waals surface area contributed by atoms with Crippen LogP contribution in [0.25, 0.3) is 11.0 Å². The second-order valence-electron chi connectivity index (χ2n) is 3.73. The van der Waals surface area contributed by atoms with Crippen LogP contribution >= 0.6 is 0 Å². The summed E-state index contributed by atoms with van der Waals surface area (Å²) in [5.74, 6) is 0.686. The minimum Gasteiger partial charge on any atom is -0.490 e. The van der Waals surface area contributed by atoms with Gasteiger partial charge in [0.25, 0.3) is 5.56 Å². The van der Waals surface area contributed by atoms with E-state index in [1.807, 2.05) is 7.05 Å². The molecule has 2 heterocycles. The third kappa shape index (κ3) is 2.29. The largest absolute Gasteiger partial charge is 0.490 e. The van der Waals surface area contributed by atoms with Gasteiger partial charge in [-0.3, -0.25) is 9.78 Å². The molecule has 0 spiro atoms. The van der Waals surface area contributed by atoms with Gasteiger partial charge in [0.15, 0.2) is 0 Å². The van der Waals surface area contributed by atoms with Crippen LogP contribution in [0, 0.1) is 0 Å². The van der Waals surface area contributed by atoms with E-state index >= 15 is 0 Å². The van der Waals surface area contributed by atoms with Crippen molar-refractivity contribution in [1.29, 1.82) is 0 Å². The molecule has 1 N–H and O–H groups in total. The number of aryl methyl sites for hydroxylation is 1. The van der Waals surface area contributed by atoms with E-state index in [2.05, 4.69) is 10.3 Å². The van der Waals surface area contributed by atoms with Gasteiger partial charge in [0.2, 0.25) is 0 Å². The van der Waals surface area contributed by atoms with Crippen molar-refractivity contribution in [3.63, 3.8) is 0 Å². The second kappa shape index (κ2) is 4.97. The van der Waals surface area contributed by atoms with Gasteiger partial charge in [-0.25, -0.2) is 0 Å². The van der Waals surface area contributed by atoms with Crippen molar-refractivity contribution in [3.8, 4) is 5.75 Å². The fourth-order valence-electron chi connectivity index (χ4n) is 1.66. The molecule has 0 radical (unpaired) electrons. The maximum absolute atomic E-state index is 11.6. The zero-order valence-electron chi connectivity index (χ0n) is 9.93. The average Bonchev–Trinajstić information content (AvgIpc) is 2.34. The molecule has 5 heteroatoms. The minimum atomic E-state index is -0.0658. The zero-order chi connectivity index (χ0) is 12.3. The van der Waals surface area contributed by atoms with Crippen molar-refractivity contribution in [3.05, 3.63) is 34.7 Å². The smallest absolute Gasteiger partial charge is 0.250 e. The molecule has 0 unspecified atom stereocenters. The van der Waals surface area contributed by atoms with Crippen LogP contribution in [0.4, 0.5) is 0 Å². The van der Waals surface area contributed by atoms with Gasteiger partial charge >= 0.3 is 0 Å². The van der Waals surface area contributed by atoms with Crippen molar-refractivity contribution in [2.24, 2.45) is 7.05 Å². The highest BCUT2D eigenvalue weighted by Gasteiger charge is 2.06. The van der Waals surface area contributed by atoms with Crippen LogP contribution in [-0.2, 0) is 7.05 Å². The molecule has 0 amide bonds. The molecule has 0 aliphatic heterocycles. The Morgan fingerprint density at radius 3 is 3.00 bits per heavy atom. The van der Waals surface area contributed by atoms with E-state index in [1.165, 1.54) is 6.07 Å². The summed E-state index contributed by atoms with van der Waals surface area (Å²) in [5.41, 5.74) is 1.43. The summed E-state index contributed by atoms with van der Waals surface area (Å²) in [6.07, 6.45) is 1.68. The third-order valence-corrected chi connectivity index (χ3v) is 2.57. The summed E-state index contributed by atoms with van der Waals surface area (Å²) in [6, 6.07) is 4.99. The predicted molar refractivity (Wildman–Crippen MR) is 66.4 cm³/mol. The maximum atomic E-state index is 11.6. The monoisotopic (exact) mass is 233 g/mol. The fourth-order valence-corrected chi connectivity index (χ4v) is 1.66. The Labute approximate surface area is 99.0 Å². The standard InChI is InChI=1S/C12H15N3O2/c1-13-7-8-17-10-5-6-14-9-3-4-11(16)15(2)12(9)10/h3-6,13H,7-8H2,1-2H3. The van der Waals surface area contributed by atoms with E-state index in [-0.39, 0.29) is 5.56 Å². The highest BCUT2D eigenvalue weighted by atomic mass is 16.5. The number of rotatable bonds is 4. The lowest BCUT2D eigenvalue weighted by atomic mass is 10.3. The van der Waals surface area contributed by atoms with Crippen molar-refractivity contribution >= 4 is 11.0 Å². The average molecular weight is 233 g/mol. The van der Waals surface area contributed by atoms with Crippen LogP contribution in [0.3, 0.4) is 0 Å². The predicted octanol–water partition coefficient (Wildman–Crippen LogP) is 0.532. The molecule has 0 aliphatic rings. The van der Waals surface area contributed by atoms with E-state index in [1.54, 1.807) is 29.9 Å².